The van der Waals surface area contributed by atoms with Crippen LogP contribution in [0.25, 0.3) is 0 Å². The Hall–Kier alpha value is -1.27. The van der Waals surface area contributed by atoms with Gasteiger partial charge >= 0.3 is 5.51 Å². The molecule has 1 fully saturated rings. The zero-order valence-electron chi connectivity index (χ0n) is 11.9. The number of benzene rings is 1. The predicted molar refractivity (Wildman–Crippen MR) is 72.5 cm³/mol. The van der Waals surface area contributed by atoms with Gasteiger partial charge in [0.2, 0.25) is 10.0 Å². The van der Waals surface area contributed by atoms with Crippen molar-refractivity contribution in [2.75, 3.05) is 13.1 Å². The molecule has 1 aliphatic heterocycles. The third-order valence-corrected chi connectivity index (χ3v) is 6.91. The molecule has 1 aliphatic rings. The largest absolute Gasteiger partial charge is 0.502 e. The van der Waals surface area contributed by atoms with E-state index >= 15 is 0 Å². The van der Waals surface area contributed by atoms with Crippen LogP contribution in [0.2, 0.25) is 0 Å². The normalized spacial score (nSPS) is 18.7. The number of nitrogens with zero attached hydrogens (tertiary/aromatic N) is 1. The minimum atomic E-state index is -6.05. The standard InChI is InChI=1S/C12H12F5NO4S2/c13-8-3-5-18(6-4-8)24(21,22)9-1-2-10(14)11(7-9)23(19,20)12(15,16)17/h1-2,7-8H,3-6H2. The molecule has 12 heteroatoms. The zero-order chi connectivity index (χ0) is 18.3. The highest BCUT2D eigenvalue weighted by Gasteiger charge is 2.48. The fraction of sp³-hybridized carbons (Fsp3) is 0.500. The summed E-state index contributed by atoms with van der Waals surface area (Å²) in [6.45, 7) is -0.412. The molecule has 0 unspecified atom stereocenters. The van der Waals surface area contributed by atoms with Crippen molar-refractivity contribution in [2.24, 2.45) is 0 Å². The van der Waals surface area contributed by atoms with Crippen LogP contribution in [0.5, 0.6) is 0 Å². The second kappa shape index (κ2) is 6.23. The summed E-state index contributed by atoms with van der Waals surface area (Å²) >= 11 is 0. The maximum Gasteiger partial charge on any atom is 0.502 e. The summed E-state index contributed by atoms with van der Waals surface area (Å²) in [6.07, 6.45) is -1.37. The minimum absolute atomic E-state index is 0.0892. The van der Waals surface area contributed by atoms with Gasteiger partial charge in [0, 0.05) is 13.1 Å². The molecule has 2 rings (SSSR count). The minimum Gasteiger partial charge on any atom is -0.247 e. The van der Waals surface area contributed by atoms with Crippen LogP contribution in [-0.2, 0) is 19.9 Å². The molecule has 24 heavy (non-hydrogen) atoms. The van der Waals surface area contributed by atoms with Crippen LogP contribution in [0.4, 0.5) is 22.0 Å². The molecule has 1 aromatic carbocycles. The van der Waals surface area contributed by atoms with Gasteiger partial charge in [0.15, 0.2) is 0 Å². The highest BCUT2D eigenvalue weighted by atomic mass is 32.2. The molecule has 1 heterocycles. The lowest BCUT2D eigenvalue weighted by Crippen LogP contribution is -2.39. The van der Waals surface area contributed by atoms with Crippen LogP contribution in [0.1, 0.15) is 12.8 Å². The zero-order valence-corrected chi connectivity index (χ0v) is 13.6. The fourth-order valence-electron chi connectivity index (χ4n) is 2.19. The van der Waals surface area contributed by atoms with Gasteiger partial charge in [-0.25, -0.2) is 25.6 Å². The van der Waals surface area contributed by atoms with Crippen LogP contribution < -0.4 is 0 Å². The van der Waals surface area contributed by atoms with E-state index in [0.717, 1.165) is 4.31 Å². The third kappa shape index (κ3) is 3.40. The van der Waals surface area contributed by atoms with Gasteiger partial charge in [-0.1, -0.05) is 0 Å². The summed E-state index contributed by atoms with van der Waals surface area (Å²) in [5, 5.41) is 0. The van der Waals surface area contributed by atoms with Gasteiger partial charge in [-0.2, -0.15) is 17.5 Å². The van der Waals surface area contributed by atoms with E-state index in [1.807, 2.05) is 0 Å². The molecule has 5 nitrogen and oxygen atoms in total. The SMILES string of the molecule is O=S(=O)(c1ccc(F)c(S(=O)(=O)C(F)(F)F)c1)N1CCC(F)CC1. The van der Waals surface area contributed by atoms with Crippen molar-refractivity contribution in [3.05, 3.63) is 24.0 Å². The van der Waals surface area contributed by atoms with E-state index in [1.165, 1.54) is 0 Å². The van der Waals surface area contributed by atoms with Crippen molar-refractivity contribution < 1.29 is 38.8 Å². The van der Waals surface area contributed by atoms with E-state index in [-0.39, 0.29) is 32.0 Å². The Morgan fingerprint density at radius 3 is 2.08 bits per heavy atom. The van der Waals surface area contributed by atoms with Crippen LogP contribution in [0.15, 0.2) is 28.0 Å². The van der Waals surface area contributed by atoms with E-state index in [0.29, 0.717) is 12.1 Å². The fourth-order valence-corrected chi connectivity index (χ4v) is 4.62. The Morgan fingerprint density at radius 2 is 1.58 bits per heavy atom. The predicted octanol–water partition coefficient (Wildman–Crippen LogP) is 2.24. The molecule has 0 aliphatic carbocycles. The Labute approximate surface area is 135 Å². The quantitative estimate of drug-likeness (QED) is 0.739. The molecule has 1 aromatic rings. The molecule has 0 saturated carbocycles. The number of sulfonamides is 1. The Morgan fingerprint density at radius 1 is 1.04 bits per heavy atom. The summed E-state index contributed by atoms with van der Waals surface area (Å²) in [7, 11) is -10.4. The number of halogens is 5. The average Bonchev–Trinajstić information content (AvgIpc) is 2.46. The van der Waals surface area contributed by atoms with Crippen molar-refractivity contribution in [2.45, 2.75) is 34.3 Å². The molecule has 1 saturated heterocycles. The lowest BCUT2D eigenvalue weighted by atomic mass is 10.1. The van der Waals surface area contributed by atoms with E-state index < -0.39 is 47.1 Å². The summed E-state index contributed by atoms with van der Waals surface area (Å²) < 4.78 is 113. The first-order valence-electron chi connectivity index (χ1n) is 6.62. The summed E-state index contributed by atoms with van der Waals surface area (Å²) in [5.41, 5.74) is -5.78. The number of piperidine rings is 1. The molecule has 0 amide bonds. The molecule has 0 radical (unpaired) electrons. The lowest BCUT2D eigenvalue weighted by molar-refractivity contribution is -0.0437. The number of hydrogen-bond donors (Lipinski definition) is 0. The molecule has 0 atom stereocenters. The van der Waals surface area contributed by atoms with Crippen LogP contribution >= 0.6 is 0 Å². The van der Waals surface area contributed by atoms with E-state index in [2.05, 4.69) is 0 Å². The number of alkyl halides is 4. The molecule has 0 spiro atoms. The summed E-state index contributed by atoms with van der Waals surface area (Å²) in [6, 6.07) is 1.14. The highest BCUT2D eigenvalue weighted by molar-refractivity contribution is 7.92. The number of rotatable bonds is 3. The van der Waals surface area contributed by atoms with Gasteiger partial charge in [-0.05, 0) is 31.0 Å². The van der Waals surface area contributed by atoms with E-state index in [4.69, 9.17) is 0 Å². The second-order valence-electron chi connectivity index (χ2n) is 5.12. The molecule has 136 valence electrons. The van der Waals surface area contributed by atoms with Crippen molar-refractivity contribution >= 4 is 19.9 Å². The van der Waals surface area contributed by atoms with E-state index in [1.54, 1.807) is 0 Å². The Bertz CT molecular complexity index is 827. The average molecular weight is 393 g/mol. The summed E-state index contributed by atoms with van der Waals surface area (Å²) in [4.78, 5) is -2.57. The van der Waals surface area contributed by atoms with Crippen LogP contribution in [0.3, 0.4) is 0 Å². The van der Waals surface area contributed by atoms with Gasteiger partial charge in [-0.15, -0.1) is 0 Å². The molecular formula is C12H12F5NO4S2. The van der Waals surface area contributed by atoms with Crippen molar-refractivity contribution in [1.29, 1.82) is 0 Å². The van der Waals surface area contributed by atoms with Gasteiger partial charge in [0.25, 0.3) is 9.84 Å². The van der Waals surface area contributed by atoms with Crippen molar-refractivity contribution in [3.63, 3.8) is 0 Å². The van der Waals surface area contributed by atoms with Crippen molar-refractivity contribution in [1.82, 2.24) is 4.31 Å². The van der Waals surface area contributed by atoms with Crippen LogP contribution in [-0.4, -0.2) is 45.9 Å². The second-order valence-corrected chi connectivity index (χ2v) is 8.97. The number of hydrogen-bond acceptors (Lipinski definition) is 4. The first-order chi connectivity index (χ1) is 10.9. The maximum absolute atomic E-state index is 13.5. The topological polar surface area (TPSA) is 71.5 Å². The maximum atomic E-state index is 13.5. The molecule has 0 aromatic heterocycles. The molecular weight excluding hydrogens is 381 g/mol. The monoisotopic (exact) mass is 393 g/mol. The van der Waals surface area contributed by atoms with Gasteiger partial charge in [0.05, 0.1) is 4.90 Å². The first-order valence-corrected chi connectivity index (χ1v) is 9.55. The molecule has 0 N–H and O–H groups in total. The third-order valence-electron chi connectivity index (χ3n) is 3.52. The van der Waals surface area contributed by atoms with Gasteiger partial charge in [0.1, 0.15) is 16.9 Å². The van der Waals surface area contributed by atoms with Gasteiger partial charge in [-0.3, -0.25) is 0 Å². The summed E-state index contributed by atoms with van der Waals surface area (Å²) in [5.74, 6) is -1.71. The lowest BCUT2D eigenvalue weighted by Gasteiger charge is -2.28. The molecule has 0 bridgehead atoms. The van der Waals surface area contributed by atoms with Gasteiger partial charge < -0.3 is 0 Å². The Kier molecular flexibility index (Phi) is 4.94. The van der Waals surface area contributed by atoms with Crippen LogP contribution in [0, 0.1) is 5.82 Å². The van der Waals surface area contributed by atoms with Crippen molar-refractivity contribution in [3.8, 4) is 0 Å². The highest BCUT2D eigenvalue weighted by Crippen LogP contribution is 2.33. The smallest absolute Gasteiger partial charge is 0.247 e. The number of sulfone groups is 1. The first kappa shape index (κ1) is 19.1. The Balaban J connectivity index is 2.49. The van der Waals surface area contributed by atoms with E-state index in [9.17, 15) is 38.8 Å².